The molecule has 0 saturated carbocycles. The van der Waals surface area contributed by atoms with Crippen LogP contribution in [0.1, 0.15) is 5.56 Å². The Kier molecular flexibility index (Phi) is 3.33. The lowest BCUT2D eigenvalue weighted by molar-refractivity contribution is 0.306. The molecule has 2 N–H and O–H groups in total. The molecule has 0 unspecified atom stereocenters. The molecule has 0 amide bonds. The van der Waals surface area contributed by atoms with Crippen molar-refractivity contribution >= 4 is 5.69 Å². The Labute approximate surface area is 94.1 Å². The van der Waals surface area contributed by atoms with Crippen LogP contribution in [0.2, 0.25) is 0 Å². The molecule has 0 aliphatic heterocycles. The Morgan fingerprint density at radius 2 is 2.00 bits per heavy atom. The fourth-order valence-electron chi connectivity index (χ4n) is 1.39. The summed E-state index contributed by atoms with van der Waals surface area (Å²) < 4.78 is 5.44. The lowest BCUT2D eigenvalue weighted by atomic mass is 10.1. The summed E-state index contributed by atoms with van der Waals surface area (Å²) in [5.41, 5.74) is 7.70. The zero-order valence-electron chi connectivity index (χ0n) is 8.84. The van der Waals surface area contributed by atoms with Crippen molar-refractivity contribution in [3.05, 3.63) is 48.2 Å². The summed E-state index contributed by atoms with van der Waals surface area (Å²) in [7, 11) is 0. The molecule has 4 heteroatoms. The molecule has 16 heavy (non-hydrogen) atoms. The summed E-state index contributed by atoms with van der Waals surface area (Å²) in [6.07, 6.45) is 2.38. The minimum Gasteiger partial charge on any atom is -0.476 e. The van der Waals surface area contributed by atoms with Gasteiger partial charge in [0.1, 0.15) is 0 Å². The van der Waals surface area contributed by atoms with E-state index in [1.807, 2.05) is 24.3 Å². The van der Waals surface area contributed by atoms with Gasteiger partial charge in [-0.25, -0.2) is 0 Å². The maximum absolute atomic E-state index is 5.82. The van der Waals surface area contributed by atoms with Gasteiger partial charge in [0.2, 0.25) is 5.88 Å². The molecule has 0 spiro atoms. The van der Waals surface area contributed by atoms with Crippen molar-refractivity contribution in [3.63, 3.8) is 0 Å². The number of benzene rings is 1. The third-order valence-electron chi connectivity index (χ3n) is 2.22. The van der Waals surface area contributed by atoms with Gasteiger partial charge >= 0.3 is 0 Å². The summed E-state index contributed by atoms with van der Waals surface area (Å²) >= 11 is 0. The van der Waals surface area contributed by atoms with Gasteiger partial charge < -0.3 is 10.5 Å². The first kappa shape index (κ1) is 10.4. The Morgan fingerprint density at radius 3 is 2.75 bits per heavy atom. The molecule has 2 rings (SSSR count). The number of hydrogen-bond donors (Lipinski definition) is 1. The zero-order valence-corrected chi connectivity index (χ0v) is 8.84. The summed E-state index contributed by atoms with van der Waals surface area (Å²) in [6, 6.07) is 11.3. The molecule has 0 aliphatic carbocycles. The fraction of sp³-hybridized carbons (Fsp3) is 0.167. The number of rotatable bonds is 4. The van der Waals surface area contributed by atoms with Crippen molar-refractivity contribution in [3.8, 4) is 5.88 Å². The second kappa shape index (κ2) is 5.11. The molecule has 0 atom stereocenters. The maximum Gasteiger partial charge on any atom is 0.233 e. The largest absolute Gasteiger partial charge is 0.476 e. The number of ether oxygens (including phenoxy) is 1. The van der Waals surface area contributed by atoms with E-state index in [-0.39, 0.29) is 0 Å². The number of nitrogens with zero attached hydrogens (tertiary/aromatic N) is 2. The Balaban J connectivity index is 1.87. The van der Waals surface area contributed by atoms with E-state index in [4.69, 9.17) is 10.5 Å². The highest BCUT2D eigenvalue weighted by Gasteiger charge is 1.99. The topological polar surface area (TPSA) is 61.0 Å². The third kappa shape index (κ3) is 2.70. The molecule has 1 aromatic carbocycles. The van der Waals surface area contributed by atoms with Crippen molar-refractivity contribution in [1.82, 2.24) is 10.2 Å². The molecular weight excluding hydrogens is 202 g/mol. The van der Waals surface area contributed by atoms with Gasteiger partial charge in [0.25, 0.3) is 0 Å². The lowest BCUT2D eigenvalue weighted by Gasteiger charge is -2.06. The first-order valence-electron chi connectivity index (χ1n) is 5.10. The molecule has 4 nitrogen and oxygen atoms in total. The van der Waals surface area contributed by atoms with Gasteiger partial charge in [-0.05, 0) is 17.7 Å². The molecule has 1 heterocycles. The molecule has 82 valence electrons. The fourth-order valence-corrected chi connectivity index (χ4v) is 1.39. The van der Waals surface area contributed by atoms with E-state index in [0.717, 1.165) is 17.7 Å². The van der Waals surface area contributed by atoms with Crippen LogP contribution in [0.25, 0.3) is 0 Å². The predicted octanol–water partition coefficient (Wildman–Crippen LogP) is 1.68. The maximum atomic E-state index is 5.82. The smallest absolute Gasteiger partial charge is 0.233 e. The zero-order chi connectivity index (χ0) is 11.2. The Hall–Kier alpha value is -2.10. The Morgan fingerprint density at radius 1 is 1.12 bits per heavy atom. The van der Waals surface area contributed by atoms with Crippen LogP contribution in [-0.4, -0.2) is 16.8 Å². The van der Waals surface area contributed by atoms with E-state index in [0.29, 0.717) is 12.5 Å². The summed E-state index contributed by atoms with van der Waals surface area (Å²) in [4.78, 5) is 0. The van der Waals surface area contributed by atoms with Crippen LogP contribution in [0.4, 0.5) is 5.69 Å². The lowest BCUT2D eigenvalue weighted by Crippen LogP contribution is -2.04. The molecule has 0 bridgehead atoms. The van der Waals surface area contributed by atoms with Crippen LogP contribution in [-0.2, 0) is 6.42 Å². The van der Waals surface area contributed by atoms with Gasteiger partial charge in [-0.15, -0.1) is 5.10 Å². The number of nitrogens with two attached hydrogens (primary N) is 1. The monoisotopic (exact) mass is 215 g/mol. The number of anilines is 1. The molecular formula is C12H13N3O. The highest BCUT2D eigenvalue weighted by atomic mass is 16.5. The van der Waals surface area contributed by atoms with Crippen molar-refractivity contribution in [1.29, 1.82) is 0 Å². The van der Waals surface area contributed by atoms with E-state index in [1.165, 1.54) is 0 Å². The predicted molar refractivity (Wildman–Crippen MR) is 62.1 cm³/mol. The van der Waals surface area contributed by atoms with E-state index < -0.39 is 0 Å². The van der Waals surface area contributed by atoms with Crippen molar-refractivity contribution in [2.45, 2.75) is 6.42 Å². The molecule has 0 saturated heterocycles. The third-order valence-corrected chi connectivity index (χ3v) is 2.22. The second-order valence-electron chi connectivity index (χ2n) is 3.36. The van der Waals surface area contributed by atoms with Crippen LogP contribution in [0.15, 0.2) is 42.6 Å². The van der Waals surface area contributed by atoms with Crippen molar-refractivity contribution < 1.29 is 4.74 Å². The number of hydrogen-bond acceptors (Lipinski definition) is 4. The number of para-hydroxylation sites is 1. The van der Waals surface area contributed by atoms with E-state index in [2.05, 4.69) is 10.2 Å². The standard InChI is InChI=1S/C12H13N3O/c13-11-5-2-1-4-10(11)7-9-16-12-6-3-8-14-15-12/h1-6,8H,7,9,13H2. The van der Waals surface area contributed by atoms with Gasteiger partial charge in [-0.2, -0.15) is 5.10 Å². The van der Waals surface area contributed by atoms with Crippen molar-refractivity contribution in [2.75, 3.05) is 12.3 Å². The Bertz CT molecular complexity index is 445. The van der Waals surface area contributed by atoms with Crippen LogP contribution < -0.4 is 10.5 Å². The average molecular weight is 215 g/mol. The first-order valence-corrected chi connectivity index (χ1v) is 5.10. The normalized spacial score (nSPS) is 10.0. The molecule has 0 aliphatic rings. The summed E-state index contributed by atoms with van der Waals surface area (Å²) in [5.74, 6) is 0.539. The average Bonchev–Trinajstić information content (AvgIpc) is 2.33. The minimum absolute atomic E-state index is 0.539. The van der Waals surface area contributed by atoms with Crippen LogP contribution in [0, 0.1) is 0 Å². The summed E-state index contributed by atoms with van der Waals surface area (Å²) in [5, 5.41) is 7.56. The number of aromatic nitrogens is 2. The highest BCUT2D eigenvalue weighted by molar-refractivity contribution is 5.46. The second-order valence-corrected chi connectivity index (χ2v) is 3.36. The summed E-state index contributed by atoms with van der Waals surface area (Å²) in [6.45, 7) is 0.549. The molecule has 2 aromatic rings. The van der Waals surface area contributed by atoms with E-state index in [9.17, 15) is 0 Å². The van der Waals surface area contributed by atoms with Crippen LogP contribution in [0.5, 0.6) is 5.88 Å². The van der Waals surface area contributed by atoms with Gasteiger partial charge in [0, 0.05) is 24.4 Å². The molecule has 0 fully saturated rings. The van der Waals surface area contributed by atoms with E-state index in [1.54, 1.807) is 18.3 Å². The van der Waals surface area contributed by atoms with Gasteiger partial charge in [-0.3, -0.25) is 0 Å². The quantitative estimate of drug-likeness (QED) is 0.788. The van der Waals surface area contributed by atoms with Crippen LogP contribution >= 0.6 is 0 Å². The first-order chi connectivity index (χ1) is 7.86. The van der Waals surface area contributed by atoms with E-state index >= 15 is 0 Å². The van der Waals surface area contributed by atoms with Gasteiger partial charge in [0.15, 0.2) is 0 Å². The van der Waals surface area contributed by atoms with Crippen molar-refractivity contribution in [2.24, 2.45) is 0 Å². The SMILES string of the molecule is Nc1ccccc1CCOc1cccnn1. The highest BCUT2D eigenvalue weighted by Crippen LogP contribution is 2.11. The molecule has 1 aromatic heterocycles. The number of nitrogen functional groups attached to an aromatic ring is 1. The van der Waals surface area contributed by atoms with Crippen LogP contribution in [0.3, 0.4) is 0 Å². The molecule has 0 radical (unpaired) electrons. The minimum atomic E-state index is 0.539. The van der Waals surface area contributed by atoms with Gasteiger partial charge in [-0.1, -0.05) is 18.2 Å². The van der Waals surface area contributed by atoms with Gasteiger partial charge in [0.05, 0.1) is 6.61 Å².